The second-order valence-electron chi connectivity index (χ2n) is 6.39. The summed E-state index contributed by atoms with van der Waals surface area (Å²) in [6, 6.07) is 7.49. The quantitative estimate of drug-likeness (QED) is 0.679. The van der Waals surface area contributed by atoms with Gasteiger partial charge in [-0.2, -0.15) is 0 Å². The summed E-state index contributed by atoms with van der Waals surface area (Å²) in [5.41, 5.74) is 5.90. The minimum atomic E-state index is -1.46. The van der Waals surface area contributed by atoms with Crippen LogP contribution in [0.1, 0.15) is 10.5 Å². The molecule has 0 bridgehead atoms. The van der Waals surface area contributed by atoms with Gasteiger partial charge >= 0.3 is 5.97 Å². The van der Waals surface area contributed by atoms with Crippen LogP contribution in [-0.2, 0) is 4.74 Å². The number of nitrogens with two attached hydrogens (primary N) is 1. The number of rotatable bonds is 4. The number of nitrogen functional groups attached to an aromatic ring is 1. The predicted octanol–water partition coefficient (Wildman–Crippen LogP) is 2.81. The van der Waals surface area contributed by atoms with Crippen LogP contribution in [-0.4, -0.2) is 33.2 Å². The first kappa shape index (κ1) is 17.9. The first-order chi connectivity index (χ1) is 11.2. The van der Waals surface area contributed by atoms with Crippen LogP contribution in [0.4, 0.5) is 10.1 Å². The molecule has 2 aromatic rings. The zero-order valence-electron chi connectivity index (χ0n) is 14.4. The van der Waals surface area contributed by atoms with Crippen LogP contribution in [0.15, 0.2) is 24.3 Å². The van der Waals surface area contributed by atoms with E-state index >= 15 is 0 Å². The van der Waals surface area contributed by atoms with Gasteiger partial charge in [-0.05, 0) is 0 Å². The van der Waals surface area contributed by atoms with Gasteiger partial charge in [0.1, 0.15) is 11.4 Å². The maximum absolute atomic E-state index is 14.6. The molecule has 0 aliphatic rings. The number of esters is 1. The van der Waals surface area contributed by atoms with Crippen molar-refractivity contribution in [2.45, 2.75) is 19.6 Å². The fourth-order valence-corrected chi connectivity index (χ4v) is 3.49. The van der Waals surface area contributed by atoms with Gasteiger partial charge in [0.25, 0.3) is 0 Å². The van der Waals surface area contributed by atoms with E-state index in [4.69, 9.17) is 10.5 Å². The molecule has 1 heterocycles. The second-order valence-corrected chi connectivity index (χ2v) is 11.5. The maximum atomic E-state index is 14.6. The number of pyridine rings is 1. The number of nitrogens with zero attached hydrogens (tertiary/aromatic N) is 1. The number of ether oxygens (including phenoxy) is 2. The van der Waals surface area contributed by atoms with Gasteiger partial charge in [0.2, 0.25) is 0 Å². The Morgan fingerprint density at radius 3 is 2.21 bits per heavy atom. The van der Waals surface area contributed by atoms with E-state index in [1.807, 2.05) is 12.1 Å². The van der Waals surface area contributed by atoms with Gasteiger partial charge in [-0.3, -0.25) is 0 Å². The molecule has 0 aliphatic carbocycles. The van der Waals surface area contributed by atoms with Crippen molar-refractivity contribution in [3.05, 3.63) is 35.8 Å². The van der Waals surface area contributed by atoms with Gasteiger partial charge in [-0.1, -0.05) is 49.1 Å². The molecule has 0 unspecified atom stereocenters. The Labute approximate surface area is 141 Å². The Morgan fingerprint density at radius 2 is 1.75 bits per heavy atom. The highest BCUT2D eigenvalue weighted by molar-refractivity contribution is 6.88. The van der Waals surface area contributed by atoms with Gasteiger partial charge in [0.05, 0.1) is 22.3 Å². The monoisotopic (exact) mass is 348 g/mol. The Morgan fingerprint density at radius 1 is 1.17 bits per heavy atom. The smallest absolute Gasteiger partial charge is 0.360 e. The van der Waals surface area contributed by atoms with E-state index < -0.39 is 19.9 Å². The fourth-order valence-electron chi connectivity index (χ4n) is 2.33. The summed E-state index contributed by atoms with van der Waals surface area (Å²) in [7, 11) is 1.04. The van der Waals surface area contributed by atoms with Crippen molar-refractivity contribution in [2.24, 2.45) is 0 Å². The number of hydrogen-bond donors (Lipinski definition) is 1. The van der Waals surface area contributed by atoms with Gasteiger partial charge in [0.15, 0.2) is 17.3 Å². The van der Waals surface area contributed by atoms with Crippen LogP contribution in [0.3, 0.4) is 0 Å². The first-order valence-corrected chi connectivity index (χ1v) is 10.9. The number of methoxy groups -OCH3 is 2. The van der Waals surface area contributed by atoms with Gasteiger partial charge in [-0.25, -0.2) is 14.2 Å². The third-order valence-electron chi connectivity index (χ3n) is 3.73. The van der Waals surface area contributed by atoms with Crippen LogP contribution in [0, 0.1) is 5.82 Å². The molecule has 0 spiro atoms. The molecule has 2 rings (SSSR count). The van der Waals surface area contributed by atoms with Crippen LogP contribution in [0.25, 0.3) is 11.3 Å². The van der Waals surface area contributed by atoms with Crippen molar-refractivity contribution in [3.8, 4) is 17.0 Å². The van der Waals surface area contributed by atoms with E-state index in [2.05, 4.69) is 29.4 Å². The van der Waals surface area contributed by atoms with Crippen molar-refractivity contribution in [1.29, 1.82) is 0 Å². The lowest BCUT2D eigenvalue weighted by Crippen LogP contribution is -2.37. The van der Waals surface area contributed by atoms with Crippen molar-refractivity contribution in [1.82, 2.24) is 4.98 Å². The van der Waals surface area contributed by atoms with Crippen LogP contribution >= 0.6 is 0 Å². The van der Waals surface area contributed by atoms with Crippen LogP contribution in [0.2, 0.25) is 19.6 Å². The number of aromatic nitrogens is 1. The minimum absolute atomic E-state index is 0.00386. The molecule has 7 heteroatoms. The molecule has 0 radical (unpaired) electrons. The van der Waals surface area contributed by atoms with E-state index in [0.29, 0.717) is 5.56 Å². The number of carbonyl (C=O) groups is 1. The summed E-state index contributed by atoms with van der Waals surface area (Å²) in [6.07, 6.45) is 0. The Bertz CT molecular complexity index is 771. The third kappa shape index (κ3) is 3.26. The summed E-state index contributed by atoms with van der Waals surface area (Å²) in [4.78, 5) is 16.0. The highest BCUT2D eigenvalue weighted by Crippen LogP contribution is 2.34. The normalized spacial score (nSPS) is 11.2. The topological polar surface area (TPSA) is 74.4 Å². The standard InChI is InChI=1S/C17H21FN2O3Si/c1-22-16-13(19)12(18)14(20-15(16)17(21)23-2)10-6-8-11(9-7-10)24(3,4)5/h6-9H,1-5H3,(H2,19,20). The summed E-state index contributed by atoms with van der Waals surface area (Å²) >= 11 is 0. The first-order valence-electron chi connectivity index (χ1n) is 7.43. The molecule has 2 N–H and O–H groups in total. The van der Waals surface area contributed by atoms with E-state index in [9.17, 15) is 9.18 Å². The number of carbonyl (C=O) groups excluding carboxylic acids is 1. The Balaban J connectivity index is 2.62. The summed E-state index contributed by atoms with van der Waals surface area (Å²) in [5.74, 6) is -1.58. The highest BCUT2D eigenvalue weighted by atomic mass is 28.3. The molecule has 1 aromatic heterocycles. The lowest BCUT2D eigenvalue weighted by atomic mass is 10.1. The molecule has 24 heavy (non-hydrogen) atoms. The number of halogens is 1. The molecule has 5 nitrogen and oxygen atoms in total. The lowest BCUT2D eigenvalue weighted by Gasteiger charge is -2.17. The van der Waals surface area contributed by atoms with Crippen LogP contribution < -0.4 is 15.7 Å². The largest absolute Gasteiger partial charge is 0.492 e. The molecule has 0 saturated carbocycles. The average Bonchev–Trinajstić information content (AvgIpc) is 2.55. The molecular weight excluding hydrogens is 327 g/mol. The summed E-state index contributed by atoms with van der Waals surface area (Å²) in [5, 5.41) is 1.24. The predicted molar refractivity (Wildman–Crippen MR) is 94.9 cm³/mol. The average molecular weight is 348 g/mol. The van der Waals surface area contributed by atoms with Gasteiger partial charge in [-0.15, -0.1) is 0 Å². The highest BCUT2D eigenvalue weighted by Gasteiger charge is 2.25. The molecule has 0 atom stereocenters. The number of benzene rings is 1. The lowest BCUT2D eigenvalue weighted by molar-refractivity contribution is 0.0590. The van der Waals surface area contributed by atoms with Crippen molar-refractivity contribution in [2.75, 3.05) is 20.0 Å². The number of anilines is 1. The zero-order valence-corrected chi connectivity index (χ0v) is 15.4. The zero-order chi connectivity index (χ0) is 18.1. The number of hydrogen-bond acceptors (Lipinski definition) is 5. The van der Waals surface area contributed by atoms with E-state index in [0.717, 1.165) is 0 Å². The van der Waals surface area contributed by atoms with Crippen molar-refractivity contribution in [3.63, 3.8) is 0 Å². The van der Waals surface area contributed by atoms with E-state index in [1.165, 1.54) is 19.4 Å². The van der Waals surface area contributed by atoms with Crippen LogP contribution in [0.5, 0.6) is 5.75 Å². The summed E-state index contributed by atoms with van der Waals surface area (Å²) < 4.78 is 24.3. The Kier molecular flexibility index (Phi) is 4.93. The fraction of sp³-hybridized carbons (Fsp3) is 0.294. The van der Waals surface area contributed by atoms with E-state index in [-0.39, 0.29) is 22.8 Å². The van der Waals surface area contributed by atoms with Crippen molar-refractivity contribution < 1.29 is 18.7 Å². The molecule has 128 valence electrons. The molecule has 0 saturated heterocycles. The van der Waals surface area contributed by atoms with Gasteiger partial charge < -0.3 is 15.2 Å². The van der Waals surface area contributed by atoms with Crippen molar-refractivity contribution >= 4 is 24.9 Å². The third-order valence-corrected chi connectivity index (χ3v) is 5.80. The molecule has 1 aromatic carbocycles. The molecule has 0 aliphatic heterocycles. The molecular formula is C17H21FN2O3Si. The SMILES string of the molecule is COC(=O)c1nc(-c2ccc([Si](C)(C)C)cc2)c(F)c(N)c1OC. The minimum Gasteiger partial charge on any atom is -0.492 e. The molecule has 0 fully saturated rings. The second kappa shape index (κ2) is 6.60. The van der Waals surface area contributed by atoms with E-state index in [1.54, 1.807) is 12.1 Å². The van der Waals surface area contributed by atoms with Gasteiger partial charge in [0, 0.05) is 5.56 Å². The summed E-state index contributed by atoms with van der Waals surface area (Å²) in [6.45, 7) is 6.67. The molecule has 0 amide bonds. The maximum Gasteiger partial charge on any atom is 0.360 e. The Hall–Kier alpha value is -2.41.